The standard InChI is InChI=1S/C14H24/c1-10(2)12(4)13(5)14-8-6-11(3)7-9-14/h6,8-13H,7H2,1-5H3. The van der Waals surface area contributed by atoms with E-state index < -0.39 is 0 Å². The molecule has 0 bridgehead atoms. The van der Waals surface area contributed by atoms with Crippen LogP contribution in [0, 0.1) is 23.7 Å². The Morgan fingerprint density at radius 1 is 1.21 bits per heavy atom. The summed E-state index contributed by atoms with van der Waals surface area (Å²) in [5.74, 6) is 3.00. The average molecular weight is 192 g/mol. The highest BCUT2D eigenvalue weighted by Gasteiger charge is 2.19. The van der Waals surface area contributed by atoms with Crippen LogP contribution in [-0.4, -0.2) is 0 Å². The Labute approximate surface area is 89.1 Å². The van der Waals surface area contributed by atoms with Gasteiger partial charge in [-0.15, -0.1) is 0 Å². The van der Waals surface area contributed by atoms with Gasteiger partial charge in [-0.3, -0.25) is 0 Å². The van der Waals surface area contributed by atoms with E-state index in [2.05, 4.69) is 52.8 Å². The van der Waals surface area contributed by atoms with Crippen molar-refractivity contribution >= 4 is 0 Å². The fraction of sp³-hybridized carbons (Fsp3) is 0.714. The van der Waals surface area contributed by atoms with Gasteiger partial charge in [0.25, 0.3) is 0 Å². The summed E-state index contributed by atoms with van der Waals surface area (Å²) in [5, 5.41) is 0. The molecule has 0 aromatic carbocycles. The van der Waals surface area contributed by atoms with Crippen molar-refractivity contribution in [2.75, 3.05) is 0 Å². The molecule has 0 saturated carbocycles. The first-order valence-corrected chi connectivity index (χ1v) is 5.90. The number of rotatable bonds is 3. The Balaban J connectivity index is 2.62. The predicted molar refractivity (Wildman–Crippen MR) is 64.2 cm³/mol. The molecule has 0 amide bonds. The number of allylic oxidation sites excluding steroid dienone is 4. The molecule has 0 saturated heterocycles. The van der Waals surface area contributed by atoms with E-state index in [4.69, 9.17) is 0 Å². The van der Waals surface area contributed by atoms with Crippen LogP contribution in [0.1, 0.15) is 41.0 Å². The smallest absolute Gasteiger partial charge is 0.0165 e. The maximum absolute atomic E-state index is 2.42. The monoisotopic (exact) mass is 192 g/mol. The van der Waals surface area contributed by atoms with E-state index >= 15 is 0 Å². The lowest BCUT2D eigenvalue weighted by atomic mass is 9.79. The highest BCUT2D eigenvalue weighted by molar-refractivity contribution is 5.26. The largest absolute Gasteiger partial charge is 0.0811 e. The minimum absolute atomic E-state index is 0.707. The van der Waals surface area contributed by atoms with Gasteiger partial charge in [-0.25, -0.2) is 0 Å². The Kier molecular flexibility index (Phi) is 3.97. The van der Waals surface area contributed by atoms with Crippen LogP contribution >= 0.6 is 0 Å². The molecule has 1 aliphatic rings. The maximum Gasteiger partial charge on any atom is -0.0165 e. The molecule has 3 unspecified atom stereocenters. The van der Waals surface area contributed by atoms with Crippen LogP contribution in [0.25, 0.3) is 0 Å². The fourth-order valence-corrected chi connectivity index (χ4v) is 1.96. The SMILES string of the molecule is CC1C=CC(C(C)C(C)C(C)C)=CC1. The van der Waals surface area contributed by atoms with Crippen LogP contribution in [0.15, 0.2) is 23.8 Å². The van der Waals surface area contributed by atoms with Crippen LogP contribution in [0.2, 0.25) is 0 Å². The van der Waals surface area contributed by atoms with Crippen molar-refractivity contribution in [1.29, 1.82) is 0 Å². The molecule has 0 radical (unpaired) electrons. The summed E-state index contributed by atoms with van der Waals surface area (Å²) in [4.78, 5) is 0. The third-order valence-electron chi connectivity index (χ3n) is 3.71. The summed E-state index contributed by atoms with van der Waals surface area (Å²) >= 11 is 0. The van der Waals surface area contributed by atoms with Crippen molar-refractivity contribution in [2.24, 2.45) is 23.7 Å². The summed E-state index contributed by atoms with van der Waals surface area (Å²) in [6.45, 7) is 11.6. The fourth-order valence-electron chi connectivity index (χ4n) is 1.96. The summed E-state index contributed by atoms with van der Waals surface area (Å²) in [7, 11) is 0. The molecule has 0 fully saturated rings. The lowest BCUT2D eigenvalue weighted by Gasteiger charge is -2.26. The third kappa shape index (κ3) is 2.73. The molecule has 80 valence electrons. The highest BCUT2D eigenvalue weighted by Crippen LogP contribution is 2.30. The molecule has 14 heavy (non-hydrogen) atoms. The average Bonchev–Trinajstić information content (AvgIpc) is 2.16. The van der Waals surface area contributed by atoms with E-state index in [0.717, 1.165) is 17.8 Å². The minimum atomic E-state index is 0.707. The second-order valence-electron chi connectivity index (χ2n) is 5.17. The van der Waals surface area contributed by atoms with Crippen molar-refractivity contribution in [1.82, 2.24) is 0 Å². The van der Waals surface area contributed by atoms with E-state index in [0.29, 0.717) is 5.92 Å². The molecule has 0 N–H and O–H groups in total. The van der Waals surface area contributed by atoms with Gasteiger partial charge < -0.3 is 0 Å². The second kappa shape index (κ2) is 4.82. The first-order chi connectivity index (χ1) is 6.52. The lowest BCUT2D eigenvalue weighted by molar-refractivity contribution is 0.333. The Morgan fingerprint density at radius 3 is 2.29 bits per heavy atom. The highest BCUT2D eigenvalue weighted by atomic mass is 14.2. The molecule has 0 aliphatic heterocycles. The van der Waals surface area contributed by atoms with E-state index in [1.165, 1.54) is 6.42 Å². The lowest BCUT2D eigenvalue weighted by Crippen LogP contribution is -2.16. The van der Waals surface area contributed by atoms with Crippen LogP contribution in [0.3, 0.4) is 0 Å². The predicted octanol–water partition coefficient (Wildman–Crippen LogP) is 4.44. The van der Waals surface area contributed by atoms with E-state index in [1.54, 1.807) is 5.57 Å². The van der Waals surface area contributed by atoms with Crippen molar-refractivity contribution < 1.29 is 0 Å². The van der Waals surface area contributed by atoms with Gasteiger partial charge in [0.05, 0.1) is 0 Å². The first-order valence-electron chi connectivity index (χ1n) is 5.90. The minimum Gasteiger partial charge on any atom is -0.0811 e. The van der Waals surface area contributed by atoms with Gasteiger partial charge in [0.15, 0.2) is 0 Å². The van der Waals surface area contributed by atoms with Crippen LogP contribution in [0.4, 0.5) is 0 Å². The second-order valence-corrected chi connectivity index (χ2v) is 5.17. The maximum atomic E-state index is 2.42. The molecule has 0 aromatic rings. The Bertz CT molecular complexity index is 232. The summed E-state index contributed by atoms with van der Waals surface area (Å²) in [6.07, 6.45) is 8.33. The number of hydrogen-bond donors (Lipinski definition) is 0. The van der Waals surface area contributed by atoms with Gasteiger partial charge >= 0.3 is 0 Å². The zero-order chi connectivity index (χ0) is 10.7. The quantitative estimate of drug-likeness (QED) is 0.620. The molecule has 0 spiro atoms. The molecular weight excluding hydrogens is 168 g/mol. The van der Waals surface area contributed by atoms with Gasteiger partial charge in [-0.2, -0.15) is 0 Å². The zero-order valence-electron chi connectivity index (χ0n) is 10.2. The molecule has 1 aliphatic carbocycles. The molecule has 0 heterocycles. The van der Waals surface area contributed by atoms with Crippen LogP contribution < -0.4 is 0 Å². The topological polar surface area (TPSA) is 0 Å². The van der Waals surface area contributed by atoms with Gasteiger partial charge in [0.1, 0.15) is 0 Å². The molecule has 0 heteroatoms. The first kappa shape index (κ1) is 11.6. The van der Waals surface area contributed by atoms with Gasteiger partial charge in [0.2, 0.25) is 0 Å². The Hall–Kier alpha value is -0.520. The van der Waals surface area contributed by atoms with E-state index in [1.807, 2.05) is 0 Å². The van der Waals surface area contributed by atoms with Gasteiger partial charge in [0, 0.05) is 0 Å². The Morgan fingerprint density at radius 2 is 1.86 bits per heavy atom. The molecule has 1 rings (SSSR count). The normalized spacial score (nSPS) is 26.1. The summed E-state index contributed by atoms with van der Waals surface area (Å²) in [5.41, 5.74) is 1.55. The van der Waals surface area contributed by atoms with E-state index in [9.17, 15) is 0 Å². The van der Waals surface area contributed by atoms with Crippen molar-refractivity contribution in [3.8, 4) is 0 Å². The molecular formula is C14H24. The van der Waals surface area contributed by atoms with Crippen molar-refractivity contribution in [3.63, 3.8) is 0 Å². The molecule has 0 aromatic heterocycles. The zero-order valence-corrected chi connectivity index (χ0v) is 10.2. The van der Waals surface area contributed by atoms with Gasteiger partial charge in [-0.1, -0.05) is 52.8 Å². The van der Waals surface area contributed by atoms with Crippen LogP contribution in [0.5, 0.6) is 0 Å². The third-order valence-corrected chi connectivity index (χ3v) is 3.71. The van der Waals surface area contributed by atoms with E-state index in [-0.39, 0.29) is 0 Å². The van der Waals surface area contributed by atoms with Crippen LogP contribution in [-0.2, 0) is 0 Å². The molecule has 0 nitrogen and oxygen atoms in total. The molecule has 3 atom stereocenters. The van der Waals surface area contributed by atoms with Crippen molar-refractivity contribution in [2.45, 2.75) is 41.0 Å². The summed E-state index contributed by atoms with van der Waals surface area (Å²) < 4.78 is 0. The summed E-state index contributed by atoms with van der Waals surface area (Å²) in [6, 6.07) is 0. The van der Waals surface area contributed by atoms with Crippen molar-refractivity contribution in [3.05, 3.63) is 23.8 Å². The van der Waals surface area contributed by atoms with Gasteiger partial charge in [-0.05, 0) is 35.7 Å². The number of hydrogen-bond acceptors (Lipinski definition) is 0.